The number of halogens is 2. The molecule has 0 spiro atoms. The molecule has 25 heavy (non-hydrogen) atoms. The summed E-state index contributed by atoms with van der Waals surface area (Å²) in [5.41, 5.74) is 1.68. The topological polar surface area (TPSA) is 49.4 Å². The van der Waals surface area contributed by atoms with Gasteiger partial charge in [0.05, 0.1) is 0 Å². The molecule has 0 bridgehead atoms. The van der Waals surface area contributed by atoms with Gasteiger partial charge in [-0.2, -0.15) is 0 Å². The highest BCUT2D eigenvalue weighted by molar-refractivity contribution is 6.31. The first-order valence-electron chi connectivity index (χ1n) is 8.10. The maximum absolute atomic E-state index is 12.6. The van der Waals surface area contributed by atoms with Gasteiger partial charge in [-0.15, -0.1) is 0 Å². The van der Waals surface area contributed by atoms with Crippen molar-refractivity contribution in [1.29, 1.82) is 0 Å². The molecule has 0 aromatic heterocycles. The number of carbonyl (C=O) groups is 2. The van der Waals surface area contributed by atoms with Crippen LogP contribution in [0.15, 0.2) is 48.5 Å². The van der Waals surface area contributed by atoms with Gasteiger partial charge in [-0.3, -0.25) is 9.59 Å². The Labute approximate surface area is 156 Å². The Balaban J connectivity index is 1.67. The quantitative estimate of drug-likeness (QED) is 0.862. The minimum Gasteiger partial charge on any atom is -0.350 e. The van der Waals surface area contributed by atoms with Crippen LogP contribution in [-0.4, -0.2) is 22.8 Å². The molecule has 0 unspecified atom stereocenters. The summed E-state index contributed by atoms with van der Waals surface area (Å²) in [5, 5.41) is 4.09. The second kappa shape index (κ2) is 7.89. The maximum atomic E-state index is 12.6. The van der Waals surface area contributed by atoms with E-state index in [2.05, 4.69) is 5.32 Å². The van der Waals surface area contributed by atoms with Crippen LogP contribution in [0.25, 0.3) is 0 Å². The third kappa shape index (κ3) is 4.14. The van der Waals surface area contributed by atoms with Gasteiger partial charge in [-0.25, -0.2) is 0 Å². The first kappa shape index (κ1) is 17.8. The lowest BCUT2D eigenvalue weighted by Gasteiger charge is -2.24. The Kier molecular flexibility index (Phi) is 5.61. The third-order valence-corrected chi connectivity index (χ3v) is 5.08. The molecule has 1 aliphatic rings. The Morgan fingerprint density at radius 2 is 1.64 bits per heavy atom. The minimum absolute atomic E-state index is 0.0298. The van der Waals surface area contributed by atoms with Crippen LogP contribution in [-0.2, 0) is 22.7 Å². The number of hydrogen-bond acceptors (Lipinski definition) is 2. The predicted octanol–water partition coefficient (Wildman–Crippen LogP) is 3.80. The van der Waals surface area contributed by atoms with E-state index in [0.29, 0.717) is 36.0 Å². The average molecular weight is 377 g/mol. The molecular formula is C19H18Cl2N2O2. The smallest absolute Gasteiger partial charge is 0.243 e. The van der Waals surface area contributed by atoms with Crippen molar-refractivity contribution in [3.63, 3.8) is 0 Å². The Morgan fingerprint density at radius 1 is 1.04 bits per heavy atom. The number of benzene rings is 2. The Bertz CT molecular complexity index is 794. The molecule has 4 nitrogen and oxygen atoms in total. The van der Waals surface area contributed by atoms with Gasteiger partial charge < -0.3 is 10.2 Å². The van der Waals surface area contributed by atoms with Crippen molar-refractivity contribution >= 4 is 35.0 Å². The van der Waals surface area contributed by atoms with Crippen LogP contribution in [0, 0.1) is 0 Å². The molecule has 6 heteroatoms. The van der Waals surface area contributed by atoms with Gasteiger partial charge in [0.1, 0.15) is 6.04 Å². The zero-order valence-electron chi connectivity index (χ0n) is 13.5. The first-order chi connectivity index (χ1) is 12.1. The van der Waals surface area contributed by atoms with E-state index >= 15 is 0 Å². The van der Waals surface area contributed by atoms with E-state index in [9.17, 15) is 9.59 Å². The van der Waals surface area contributed by atoms with Gasteiger partial charge in [-0.05, 0) is 29.7 Å². The number of rotatable bonds is 5. The average Bonchev–Trinajstić information content (AvgIpc) is 2.97. The second-order valence-corrected chi connectivity index (χ2v) is 6.79. The van der Waals surface area contributed by atoms with E-state index in [-0.39, 0.29) is 11.8 Å². The molecule has 3 rings (SSSR count). The van der Waals surface area contributed by atoms with E-state index in [4.69, 9.17) is 23.2 Å². The summed E-state index contributed by atoms with van der Waals surface area (Å²) in [6.45, 7) is 0.672. The van der Waals surface area contributed by atoms with E-state index in [1.54, 1.807) is 17.0 Å². The van der Waals surface area contributed by atoms with Crippen LogP contribution in [0.2, 0.25) is 10.0 Å². The van der Waals surface area contributed by atoms with Crippen LogP contribution in [0.3, 0.4) is 0 Å². The van der Waals surface area contributed by atoms with Crippen LogP contribution in [0.4, 0.5) is 0 Å². The van der Waals surface area contributed by atoms with Gasteiger partial charge in [0.25, 0.3) is 0 Å². The minimum atomic E-state index is -0.480. The predicted molar refractivity (Wildman–Crippen MR) is 98.3 cm³/mol. The molecule has 2 aromatic carbocycles. The lowest BCUT2D eigenvalue weighted by molar-refractivity contribution is -0.135. The Hall–Kier alpha value is -2.04. The molecule has 0 radical (unpaired) electrons. The molecule has 1 saturated heterocycles. The van der Waals surface area contributed by atoms with Crippen molar-refractivity contribution in [3.8, 4) is 0 Å². The lowest BCUT2D eigenvalue weighted by Crippen LogP contribution is -2.44. The molecular weight excluding hydrogens is 359 g/mol. The van der Waals surface area contributed by atoms with Gasteiger partial charge in [0, 0.05) is 29.6 Å². The highest BCUT2D eigenvalue weighted by Crippen LogP contribution is 2.25. The number of nitrogens with zero attached hydrogens (tertiary/aromatic N) is 1. The fourth-order valence-electron chi connectivity index (χ4n) is 2.96. The van der Waals surface area contributed by atoms with Crippen LogP contribution >= 0.6 is 23.2 Å². The standard InChI is InChI=1S/C19H18Cl2N2O2/c20-15-7-3-1-5-13(15)11-22-19(25)17-9-10-18(24)23(17)12-14-6-2-4-8-16(14)21/h1-8,17H,9-12H2,(H,22,25)/t17-/m0/s1. The number of amides is 2. The van der Waals surface area contributed by atoms with Crippen molar-refractivity contribution in [2.45, 2.75) is 32.0 Å². The maximum Gasteiger partial charge on any atom is 0.243 e. The number of likely N-dealkylation sites (tertiary alicyclic amines) is 1. The molecule has 2 amide bonds. The monoisotopic (exact) mass is 376 g/mol. The molecule has 2 aromatic rings. The van der Waals surface area contributed by atoms with Crippen molar-refractivity contribution < 1.29 is 9.59 Å². The summed E-state index contributed by atoms with van der Waals surface area (Å²) >= 11 is 12.3. The zero-order valence-corrected chi connectivity index (χ0v) is 15.1. The Morgan fingerprint density at radius 3 is 2.28 bits per heavy atom. The highest BCUT2D eigenvalue weighted by atomic mass is 35.5. The molecule has 130 valence electrons. The van der Waals surface area contributed by atoms with Crippen LogP contribution < -0.4 is 5.32 Å². The van der Waals surface area contributed by atoms with Gasteiger partial charge in [0.2, 0.25) is 11.8 Å². The molecule has 1 fully saturated rings. The summed E-state index contributed by atoms with van der Waals surface area (Å²) in [5.74, 6) is -0.198. The number of carbonyl (C=O) groups excluding carboxylic acids is 2. The van der Waals surface area contributed by atoms with Crippen molar-refractivity contribution in [2.75, 3.05) is 0 Å². The largest absolute Gasteiger partial charge is 0.350 e. The summed E-state index contributed by atoms with van der Waals surface area (Å²) in [4.78, 5) is 26.4. The van der Waals surface area contributed by atoms with Crippen molar-refractivity contribution in [3.05, 3.63) is 69.7 Å². The normalized spacial score (nSPS) is 17.0. The molecule has 1 aliphatic heterocycles. The molecule has 0 aliphatic carbocycles. The second-order valence-electron chi connectivity index (χ2n) is 5.98. The summed E-state index contributed by atoms with van der Waals surface area (Å²) in [6, 6.07) is 14.2. The number of hydrogen-bond donors (Lipinski definition) is 1. The van der Waals surface area contributed by atoms with E-state index in [1.165, 1.54) is 0 Å². The van der Waals surface area contributed by atoms with E-state index in [0.717, 1.165) is 11.1 Å². The summed E-state index contributed by atoms with van der Waals surface area (Å²) in [7, 11) is 0. The van der Waals surface area contributed by atoms with Crippen molar-refractivity contribution in [2.24, 2.45) is 0 Å². The SMILES string of the molecule is O=C(NCc1ccccc1Cl)[C@@H]1CCC(=O)N1Cc1ccccc1Cl. The van der Waals surface area contributed by atoms with Gasteiger partial charge >= 0.3 is 0 Å². The summed E-state index contributed by atoms with van der Waals surface area (Å²) < 4.78 is 0. The van der Waals surface area contributed by atoms with Crippen molar-refractivity contribution in [1.82, 2.24) is 10.2 Å². The highest BCUT2D eigenvalue weighted by Gasteiger charge is 2.36. The fraction of sp³-hybridized carbons (Fsp3) is 0.263. The van der Waals surface area contributed by atoms with Crippen LogP contribution in [0.1, 0.15) is 24.0 Å². The summed E-state index contributed by atoms with van der Waals surface area (Å²) in [6.07, 6.45) is 0.881. The molecule has 1 atom stereocenters. The zero-order chi connectivity index (χ0) is 17.8. The lowest BCUT2D eigenvalue weighted by atomic mass is 10.1. The van der Waals surface area contributed by atoms with Crippen LogP contribution in [0.5, 0.6) is 0 Å². The molecule has 0 saturated carbocycles. The number of nitrogens with one attached hydrogen (secondary N) is 1. The van der Waals surface area contributed by atoms with E-state index < -0.39 is 6.04 Å². The first-order valence-corrected chi connectivity index (χ1v) is 8.86. The fourth-order valence-corrected chi connectivity index (χ4v) is 3.35. The molecule has 1 heterocycles. The molecule has 1 N–H and O–H groups in total. The van der Waals surface area contributed by atoms with E-state index in [1.807, 2.05) is 36.4 Å². The van der Waals surface area contributed by atoms with Gasteiger partial charge in [0.15, 0.2) is 0 Å². The van der Waals surface area contributed by atoms with Gasteiger partial charge in [-0.1, -0.05) is 59.6 Å². The third-order valence-electron chi connectivity index (χ3n) is 4.34.